The molecule has 5 nitrogen and oxygen atoms in total. The van der Waals surface area contributed by atoms with Crippen molar-refractivity contribution in [3.8, 4) is 0 Å². The molecule has 0 unspecified atom stereocenters. The highest BCUT2D eigenvalue weighted by molar-refractivity contribution is 7.11. The number of hydrogen-bond acceptors (Lipinski definition) is 5. The van der Waals surface area contributed by atoms with Crippen LogP contribution in [0.25, 0.3) is 0 Å². The fraction of sp³-hybridized carbons (Fsp3) is 0.545. The number of Topliss-reactive ketones (excluding diaryl/α,β-unsaturated/α-hetero) is 1. The van der Waals surface area contributed by atoms with Crippen LogP contribution in [-0.2, 0) is 4.74 Å². The molecule has 0 aliphatic carbocycles. The second kappa shape index (κ2) is 4.83. The minimum atomic E-state index is -0.580. The first-order valence-corrected chi connectivity index (χ1v) is 5.95. The molecule has 1 aromatic rings. The quantitative estimate of drug-likeness (QED) is 0.826. The van der Waals surface area contributed by atoms with Crippen molar-refractivity contribution < 1.29 is 14.3 Å². The molecule has 0 bridgehead atoms. The van der Waals surface area contributed by atoms with Crippen molar-refractivity contribution in [2.24, 2.45) is 0 Å². The van der Waals surface area contributed by atoms with E-state index in [4.69, 9.17) is 4.74 Å². The van der Waals surface area contributed by atoms with Crippen molar-refractivity contribution in [1.82, 2.24) is 4.37 Å². The molecule has 0 atom stereocenters. The van der Waals surface area contributed by atoms with Crippen molar-refractivity contribution in [1.29, 1.82) is 0 Å². The fourth-order valence-corrected chi connectivity index (χ4v) is 2.10. The van der Waals surface area contributed by atoms with Crippen LogP contribution in [0.3, 0.4) is 0 Å². The maximum Gasteiger partial charge on any atom is 0.412 e. The number of carbonyl (C=O) groups is 2. The summed E-state index contributed by atoms with van der Waals surface area (Å²) in [5, 5.41) is 2.98. The van der Waals surface area contributed by atoms with Gasteiger partial charge in [-0.2, -0.15) is 4.37 Å². The van der Waals surface area contributed by atoms with Gasteiger partial charge < -0.3 is 4.74 Å². The molecule has 6 heteroatoms. The summed E-state index contributed by atoms with van der Waals surface area (Å²) in [6, 6.07) is 0. The zero-order valence-corrected chi connectivity index (χ0v) is 11.4. The smallest absolute Gasteiger partial charge is 0.412 e. The van der Waals surface area contributed by atoms with Gasteiger partial charge in [-0.15, -0.1) is 0 Å². The summed E-state index contributed by atoms with van der Waals surface area (Å²) < 4.78 is 9.14. The van der Waals surface area contributed by atoms with Gasteiger partial charge in [0.1, 0.15) is 10.6 Å². The van der Waals surface area contributed by atoms with Gasteiger partial charge in [-0.1, -0.05) is 0 Å². The highest BCUT2D eigenvalue weighted by Crippen LogP contribution is 2.25. The molecular weight excluding hydrogens is 240 g/mol. The van der Waals surface area contributed by atoms with Crippen molar-refractivity contribution in [2.45, 2.75) is 40.2 Å². The molecule has 1 heterocycles. The average molecular weight is 256 g/mol. The Morgan fingerprint density at radius 2 is 1.94 bits per heavy atom. The molecule has 1 amide bonds. The molecule has 0 radical (unpaired) electrons. The molecule has 1 N–H and O–H groups in total. The number of ether oxygens (including phenoxy) is 1. The Hall–Kier alpha value is -1.43. The summed E-state index contributed by atoms with van der Waals surface area (Å²) in [7, 11) is 0. The van der Waals surface area contributed by atoms with E-state index in [1.54, 1.807) is 27.7 Å². The van der Waals surface area contributed by atoms with E-state index in [-0.39, 0.29) is 5.78 Å². The molecule has 17 heavy (non-hydrogen) atoms. The van der Waals surface area contributed by atoms with Gasteiger partial charge in [0.15, 0.2) is 5.78 Å². The van der Waals surface area contributed by atoms with E-state index in [2.05, 4.69) is 9.69 Å². The number of hydrogen-bond donors (Lipinski definition) is 1. The first-order chi connectivity index (χ1) is 7.70. The molecule has 0 aliphatic rings. The first kappa shape index (κ1) is 13.6. The summed E-state index contributed by atoms with van der Waals surface area (Å²) in [5.41, 5.74) is 0.495. The molecule has 0 spiro atoms. The van der Waals surface area contributed by atoms with E-state index in [9.17, 15) is 9.59 Å². The van der Waals surface area contributed by atoms with E-state index < -0.39 is 11.7 Å². The number of ketones is 1. The van der Waals surface area contributed by atoms with E-state index in [0.29, 0.717) is 16.3 Å². The maximum atomic E-state index is 11.5. The second-order valence-corrected chi connectivity index (χ2v) is 5.43. The molecule has 94 valence electrons. The van der Waals surface area contributed by atoms with Crippen LogP contribution in [0, 0.1) is 6.92 Å². The number of rotatable bonds is 2. The lowest BCUT2D eigenvalue weighted by Gasteiger charge is -2.19. The molecule has 1 rings (SSSR count). The van der Waals surface area contributed by atoms with E-state index >= 15 is 0 Å². The summed E-state index contributed by atoms with van der Waals surface area (Å²) >= 11 is 1.08. The minimum absolute atomic E-state index is 0.123. The highest BCUT2D eigenvalue weighted by atomic mass is 32.1. The van der Waals surface area contributed by atoms with Crippen molar-refractivity contribution in [3.05, 3.63) is 11.3 Å². The third kappa shape index (κ3) is 3.81. The van der Waals surface area contributed by atoms with E-state index in [0.717, 1.165) is 11.5 Å². The Morgan fingerprint density at radius 3 is 2.41 bits per heavy atom. The topological polar surface area (TPSA) is 68.3 Å². The van der Waals surface area contributed by atoms with Gasteiger partial charge in [0, 0.05) is 0 Å². The Balaban J connectivity index is 2.83. The lowest BCUT2D eigenvalue weighted by atomic mass is 10.2. The van der Waals surface area contributed by atoms with Gasteiger partial charge in [-0.25, -0.2) is 4.79 Å². The number of nitrogens with zero attached hydrogens (tertiary/aromatic N) is 1. The number of aromatic nitrogens is 1. The number of aryl methyl sites for hydroxylation is 1. The van der Waals surface area contributed by atoms with Gasteiger partial charge >= 0.3 is 6.09 Å². The lowest BCUT2D eigenvalue weighted by Crippen LogP contribution is -2.27. The highest BCUT2D eigenvalue weighted by Gasteiger charge is 2.20. The number of nitrogens with one attached hydrogen (secondary N) is 1. The average Bonchev–Trinajstić information content (AvgIpc) is 2.42. The molecule has 0 aromatic carbocycles. The van der Waals surface area contributed by atoms with Crippen LogP contribution in [0.5, 0.6) is 0 Å². The van der Waals surface area contributed by atoms with Crippen LogP contribution in [0.4, 0.5) is 9.80 Å². The Kier molecular flexibility index (Phi) is 3.87. The zero-order chi connectivity index (χ0) is 13.2. The normalized spacial score (nSPS) is 11.1. The molecular formula is C11H16N2O3S. The summed E-state index contributed by atoms with van der Waals surface area (Å²) in [4.78, 5) is 22.9. The minimum Gasteiger partial charge on any atom is -0.444 e. The van der Waals surface area contributed by atoms with Crippen molar-refractivity contribution in [2.75, 3.05) is 5.32 Å². The SMILES string of the molecule is CC(=O)c1c(C)nsc1NC(=O)OC(C)(C)C. The third-order valence-electron chi connectivity index (χ3n) is 1.83. The van der Waals surface area contributed by atoms with Crippen LogP contribution < -0.4 is 5.32 Å². The van der Waals surface area contributed by atoms with Crippen LogP contribution >= 0.6 is 11.5 Å². The summed E-state index contributed by atoms with van der Waals surface area (Å²) in [6.45, 7) is 8.49. The standard InChI is InChI=1S/C11H16N2O3S/c1-6-8(7(2)14)9(17-13-6)12-10(15)16-11(3,4)5/h1-5H3,(H,12,15). The van der Waals surface area contributed by atoms with Crippen LogP contribution in [0.2, 0.25) is 0 Å². The number of anilines is 1. The molecule has 0 saturated carbocycles. The van der Waals surface area contributed by atoms with Gasteiger partial charge in [0.2, 0.25) is 0 Å². The van der Waals surface area contributed by atoms with Gasteiger partial charge in [-0.3, -0.25) is 10.1 Å². The number of carbonyl (C=O) groups excluding carboxylic acids is 2. The Bertz CT molecular complexity index is 446. The molecule has 1 aromatic heterocycles. The Morgan fingerprint density at radius 1 is 1.35 bits per heavy atom. The monoisotopic (exact) mass is 256 g/mol. The largest absolute Gasteiger partial charge is 0.444 e. The van der Waals surface area contributed by atoms with E-state index in [1.165, 1.54) is 6.92 Å². The van der Waals surface area contributed by atoms with Gasteiger partial charge in [-0.05, 0) is 46.2 Å². The first-order valence-electron chi connectivity index (χ1n) is 5.18. The van der Waals surface area contributed by atoms with Crippen LogP contribution in [0.15, 0.2) is 0 Å². The predicted octanol–water partition coefficient (Wildman–Crippen LogP) is 3.00. The third-order valence-corrected chi connectivity index (χ3v) is 2.68. The van der Waals surface area contributed by atoms with Crippen LogP contribution in [0.1, 0.15) is 43.7 Å². The van der Waals surface area contributed by atoms with Crippen molar-refractivity contribution in [3.63, 3.8) is 0 Å². The maximum absolute atomic E-state index is 11.5. The molecule has 0 fully saturated rings. The second-order valence-electron chi connectivity index (χ2n) is 4.66. The van der Waals surface area contributed by atoms with Crippen molar-refractivity contribution >= 4 is 28.4 Å². The number of amides is 1. The Labute approximate surface area is 104 Å². The van der Waals surface area contributed by atoms with Crippen LogP contribution in [-0.4, -0.2) is 21.9 Å². The lowest BCUT2D eigenvalue weighted by molar-refractivity contribution is 0.0636. The molecule has 0 aliphatic heterocycles. The summed E-state index contributed by atoms with van der Waals surface area (Å²) in [5.74, 6) is -0.123. The fourth-order valence-electron chi connectivity index (χ4n) is 1.27. The molecule has 0 saturated heterocycles. The van der Waals surface area contributed by atoms with E-state index in [1.807, 2.05) is 0 Å². The van der Waals surface area contributed by atoms with Gasteiger partial charge in [0.25, 0.3) is 0 Å². The zero-order valence-electron chi connectivity index (χ0n) is 10.6. The van der Waals surface area contributed by atoms with Gasteiger partial charge in [0.05, 0.1) is 11.3 Å². The predicted molar refractivity (Wildman–Crippen MR) is 66.7 cm³/mol. The summed E-state index contributed by atoms with van der Waals surface area (Å²) in [6.07, 6.45) is -0.580.